The standard InChI is InChI=1S/C26H33F2N11O4/c1-2-18(40)39-4-3-16(15-39)23(42)30-14-19(41)36-5-7-37(8-6-36)25-33-22(17-13-31-24(29)32-20(17)21(27)28)34-26(35-25)38-9-11-43-12-10-38/h2,13,16,21H,1,3-12,14-15H2,(H,30,42)(H2,29,31,32)/t16-/m1/s1. The van der Waals surface area contributed by atoms with Crippen LogP contribution in [-0.2, 0) is 19.1 Å². The summed E-state index contributed by atoms with van der Waals surface area (Å²) in [6, 6.07) is 0. The Morgan fingerprint density at radius 3 is 2.33 bits per heavy atom. The molecule has 5 heterocycles. The fourth-order valence-electron chi connectivity index (χ4n) is 5.15. The number of piperazine rings is 1. The number of nitrogens with zero attached hydrogens (tertiary/aromatic N) is 9. The number of ether oxygens (including phenoxy) is 1. The van der Waals surface area contributed by atoms with Crippen LogP contribution in [-0.4, -0.2) is 125 Å². The van der Waals surface area contributed by atoms with Crippen LogP contribution in [0, 0.1) is 5.92 Å². The number of anilines is 3. The van der Waals surface area contributed by atoms with Crippen LogP contribution in [0.1, 0.15) is 18.5 Å². The molecular weight excluding hydrogens is 568 g/mol. The molecule has 43 heavy (non-hydrogen) atoms. The molecule has 17 heteroatoms. The topological polar surface area (TPSA) is 176 Å². The lowest BCUT2D eigenvalue weighted by atomic mass is 10.1. The molecule has 3 aliphatic rings. The van der Waals surface area contributed by atoms with E-state index in [1.54, 1.807) is 9.80 Å². The average Bonchev–Trinajstić information content (AvgIpc) is 3.54. The van der Waals surface area contributed by atoms with Crippen molar-refractivity contribution in [2.45, 2.75) is 12.8 Å². The Morgan fingerprint density at radius 2 is 1.67 bits per heavy atom. The summed E-state index contributed by atoms with van der Waals surface area (Å²) in [7, 11) is 0. The Labute approximate surface area is 246 Å². The van der Waals surface area contributed by atoms with Crippen molar-refractivity contribution in [3.8, 4) is 11.4 Å². The van der Waals surface area contributed by atoms with Gasteiger partial charge in [0.25, 0.3) is 6.43 Å². The first-order chi connectivity index (χ1) is 20.7. The van der Waals surface area contributed by atoms with Gasteiger partial charge in [0.05, 0.1) is 31.2 Å². The third-order valence-electron chi connectivity index (χ3n) is 7.56. The van der Waals surface area contributed by atoms with Crippen molar-refractivity contribution in [3.63, 3.8) is 0 Å². The number of hydrogen-bond donors (Lipinski definition) is 2. The first-order valence-electron chi connectivity index (χ1n) is 13.9. The zero-order chi connectivity index (χ0) is 30.5. The van der Waals surface area contributed by atoms with Gasteiger partial charge in [0, 0.05) is 58.6 Å². The largest absolute Gasteiger partial charge is 0.378 e. The summed E-state index contributed by atoms with van der Waals surface area (Å²) < 4.78 is 33.1. The number of carbonyl (C=O) groups excluding carboxylic acids is 3. The number of amides is 3. The van der Waals surface area contributed by atoms with E-state index < -0.39 is 12.1 Å². The van der Waals surface area contributed by atoms with Gasteiger partial charge in [-0.2, -0.15) is 15.0 Å². The quantitative estimate of drug-likeness (QED) is 0.371. The Balaban J connectivity index is 1.25. The lowest BCUT2D eigenvalue weighted by Gasteiger charge is -2.35. The normalized spacial score (nSPS) is 19.1. The summed E-state index contributed by atoms with van der Waals surface area (Å²) in [6.07, 6.45) is -0.000665. The Morgan fingerprint density at radius 1 is 1.00 bits per heavy atom. The van der Waals surface area contributed by atoms with Gasteiger partial charge in [-0.05, 0) is 12.5 Å². The maximum atomic E-state index is 13.8. The predicted octanol–water partition coefficient (Wildman–Crippen LogP) is -0.516. The summed E-state index contributed by atoms with van der Waals surface area (Å²) in [5.74, 6) is -0.821. The van der Waals surface area contributed by atoms with Gasteiger partial charge in [-0.25, -0.2) is 18.7 Å². The van der Waals surface area contributed by atoms with Gasteiger partial charge in [-0.3, -0.25) is 14.4 Å². The van der Waals surface area contributed by atoms with Crippen molar-refractivity contribution in [1.82, 2.24) is 40.0 Å². The van der Waals surface area contributed by atoms with Gasteiger partial charge in [0.15, 0.2) is 5.82 Å². The van der Waals surface area contributed by atoms with E-state index in [1.165, 1.54) is 12.3 Å². The molecule has 0 unspecified atom stereocenters. The van der Waals surface area contributed by atoms with Crippen molar-refractivity contribution < 1.29 is 27.9 Å². The Bertz CT molecular complexity index is 1370. The lowest BCUT2D eigenvalue weighted by Crippen LogP contribution is -2.52. The molecule has 3 aliphatic heterocycles. The zero-order valence-electron chi connectivity index (χ0n) is 23.5. The van der Waals surface area contributed by atoms with Crippen molar-refractivity contribution in [2.75, 3.05) is 87.7 Å². The van der Waals surface area contributed by atoms with Gasteiger partial charge in [-0.1, -0.05) is 6.58 Å². The Kier molecular flexibility index (Phi) is 9.18. The number of rotatable bonds is 8. The van der Waals surface area contributed by atoms with Crippen molar-refractivity contribution >= 4 is 35.6 Å². The zero-order valence-corrected chi connectivity index (χ0v) is 23.5. The molecule has 0 saturated carbocycles. The van der Waals surface area contributed by atoms with Crippen LogP contribution < -0.4 is 20.9 Å². The summed E-state index contributed by atoms with van der Waals surface area (Å²) in [4.78, 5) is 65.3. The highest BCUT2D eigenvalue weighted by Gasteiger charge is 2.31. The minimum absolute atomic E-state index is 0.0109. The number of aromatic nitrogens is 5. The van der Waals surface area contributed by atoms with E-state index >= 15 is 0 Å². The van der Waals surface area contributed by atoms with Gasteiger partial charge in [0.2, 0.25) is 35.6 Å². The second-order valence-corrected chi connectivity index (χ2v) is 10.2. The van der Waals surface area contributed by atoms with Crippen LogP contribution >= 0.6 is 0 Å². The highest BCUT2D eigenvalue weighted by atomic mass is 19.3. The van der Waals surface area contributed by atoms with Crippen LogP contribution in [0.25, 0.3) is 11.4 Å². The minimum atomic E-state index is -2.93. The van der Waals surface area contributed by atoms with E-state index in [2.05, 4.69) is 36.8 Å². The van der Waals surface area contributed by atoms with Gasteiger partial charge >= 0.3 is 0 Å². The van der Waals surface area contributed by atoms with Crippen LogP contribution in [0.4, 0.5) is 26.6 Å². The Hall–Kier alpha value is -4.54. The smallest absolute Gasteiger partial charge is 0.281 e. The number of nitrogens with one attached hydrogen (secondary N) is 1. The molecule has 0 spiro atoms. The summed E-state index contributed by atoms with van der Waals surface area (Å²) in [5.41, 5.74) is 4.93. The third kappa shape index (κ3) is 6.93. The average molecular weight is 602 g/mol. The van der Waals surface area contributed by atoms with E-state index in [1.807, 2.05) is 9.80 Å². The fourth-order valence-corrected chi connectivity index (χ4v) is 5.15. The molecular formula is C26H33F2N11O4. The molecule has 0 aliphatic carbocycles. The summed E-state index contributed by atoms with van der Waals surface area (Å²) in [5, 5.41) is 2.69. The fraction of sp³-hybridized carbons (Fsp3) is 0.538. The molecule has 5 rings (SSSR count). The van der Waals surface area contributed by atoms with E-state index in [4.69, 9.17) is 10.5 Å². The number of hydrogen-bond acceptors (Lipinski definition) is 12. The van der Waals surface area contributed by atoms with E-state index in [9.17, 15) is 23.2 Å². The molecule has 3 fully saturated rings. The summed E-state index contributed by atoms with van der Waals surface area (Å²) >= 11 is 0. The maximum absolute atomic E-state index is 13.8. The third-order valence-corrected chi connectivity index (χ3v) is 7.56. The predicted molar refractivity (Wildman–Crippen MR) is 150 cm³/mol. The monoisotopic (exact) mass is 601 g/mol. The molecule has 3 saturated heterocycles. The van der Waals surface area contributed by atoms with Crippen molar-refractivity contribution in [2.24, 2.45) is 5.92 Å². The van der Waals surface area contributed by atoms with Crippen molar-refractivity contribution in [3.05, 3.63) is 24.5 Å². The van der Waals surface area contributed by atoms with Crippen molar-refractivity contribution in [1.29, 1.82) is 0 Å². The SMILES string of the molecule is C=CC(=O)N1CC[C@@H](C(=O)NCC(=O)N2CCN(c3nc(-c4cnc(N)nc4C(F)F)nc(N4CCOCC4)n3)CC2)C1. The number of alkyl halides is 2. The molecule has 3 N–H and O–H groups in total. The maximum Gasteiger partial charge on any atom is 0.281 e. The molecule has 0 radical (unpaired) electrons. The van der Waals surface area contributed by atoms with Gasteiger partial charge < -0.3 is 35.4 Å². The van der Waals surface area contributed by atoms with Crippen LogP contribution in [0.5, 0.6) is 0 Å². The highest BCUT2D eigenvalue weighted by Crippen LogP contribution is 2.30. The van der Waals surface area contributed by atoms with Crippen LogP contribution in [0.2, 0.25) is 0 Å². The van der Waals surface area contributed by atoms with Gasteiger partial charge in [0.1, 0.15) is 5.69 Å². The number of carbonyl (C=O) groups is 3. The molecule has 0 aromatic carbocycles. The van der Waals surface area contributed by atoms with Crippen LogP contribution in [0.15, 0.2) is 18.9 Å². The molecule has 2 aromatic rings. The number of likely N-dealkylation sites (tertiary alicyclic amines) is 1. The number of halogens is 2. The number of morpholine rings is 1. The second kappa shape index (κ2) is 13.2. The molecule has 15 nitrogen and oxygen atoms in total. The first-order valence-corrected chi connectivity index (χ1v) is 13.9. The minimum Gasteiger partial charge on any atom is -0.378 e. The first kappa shape index (κ1) is 29.9. The molecule has 1 atom stereocenters. The van der Waals surface area contributed by atoms with E-state index in [0.717, 1.165) is 0 Å². The second-order valence-electron chi connectivity index (χ2n) is 10.2. The van der Waals surface area contributed by atoms with Gasteiger partial charge in [-0.15, -0.1) is 0 Å². The molecule has 230 valence electrons. The van der Waals surface area contributed by atoms with Crippen LogP contribution in [0.3, 0.4) is 0 Å². The molecule has 2 aromatic heterocycles. The molecule has 0 bridgehead atoms. The highest BCUT2D eigenvalue weighted by molar-refractivity contribution is 5.89. The molecule has 3 amide bonds. The number of nitrogens with two attached hydrogens (primary N) is 1. The summed E-state index contributed by atoms with van der Waals surface area (Å²) in [6.45, 7) is 7.44. The van der Waals surface area contributed by atoms with E-state index in [-0.39, 0.29) is 53.5 Å². The lowest BCUT2D eigenvalue weighted by molar-refractivity contribution is -0.134. The number of nitrogen functional groups attached to an aromatic ring is 1. The van der Waals surface area contributed by atoms with E-state index in [0.29, 0.717) is 77.9 Å².